The van der Waals surface area contributed by atoms with Crippen LogP contribution in [0.4, 0.5) is 8.78 Å². The average molecular weight is 409 g/mol. The molecule has 0 aromatic heterocycles. The second-order valence-corrected chi connectivity index (χ2v) is 8.04. The molecule has 1 aromatic carbocycles. The molecule has 0 bridgehead atoms. The Kier molecular flexibility index (Phi) is 8.60. The van der Waals surface area contributed by atoms with Gasteiger partial charge in [-0.25, -0.2) is 8.78 Å². The maximum absolute atomic E-state index is 14.3. The third-order valence-electron chi connectivity index (χ3n) is 6.37. The zero-order chi connectivity index (χ0) is 21.6. The number of likely N-dealkylation sites (N-methyl/N-ethyl adjacent to an activating group) is 1. The van der Waals surface area contributed by atoms with Gasteiger partial charge in [-0.15, -0.1) is 0 Å². The molecule has 4 nitrogen and oxygen atoms in total. The number of hydrogen-bond acceptors (Lipinski definition) is 2. The van der Waals surface area contributed by atoms with E-state index >= 15 is 0 Å². The van der Waals surface area contributed by atoms with Crippen LogP contribution in [0, 0.1) is 23.5 Å². The summed E-state index contributed by atoms with van der Waals surface area (Å²) in [6.07, 6.45) is 3.97. The summed E-state index contributed by atoms with van der Waals surface area (Å²) in [6, 6.07) is 3.44. The highest BCUT2D eigenvalue weighted by Crippen LogP contribution is 2.29. The van der Waals surface area contributed by atoms with Crippen molar-refractivity contribution in [1.29, 1.82) is 0 Å². The van der Waals surface area contributed by atoms with Gasteiger partial charge in [-0.2, -0.15) is 0 Å². The first-order valence-corrected chi connectivity index (χ1v) is 10.8. The predicted octanol–water partition coefficient (Wildman–Crippen LogP) is 4.42. The number of piperidine rings is 1. The van der Waals surface area contributed by atoms with Gasteiger partial charge in [0.25, 0.3) is 0 Å². The quantitative estimate of drug-likeness (QED) is 0.639. The highest BCUT2D eigenvalue weighted by molar-refractivity contribution is 5.79. The monoisotopic (exact) mass is 408 g/mol. The van der Waals surface area contributed by atoms with Crippen LogP contribution in [0.15, 0.2) is 18.2 Å². The Morgan fingerprint density at radius 2 is 1.76 bits per heavy atom. The van der Waals surface area contributed by atoms with Gasteiger partial charge in [-0.3, -0.25) is 9.59 Å². The highest BCUT2D eigenvalue weighted by atomic mass is 19.1. The summed E-state index contributed by atoms with van der Waals surface area (Å²) in [5.41, 5.74) is 0.419. The molecule has 1 fully saturated rings. The molecule has 1 atom stereocenters. The summed E-state index contributed by atoms with van der Waals surface area (Å²) in [7, 11) is 1.76. The summed E-state index contributed by atoms with van der Waals surface area (Å²) in [5.74, 6) is -0.714. The van der Waals surface area contributed by atoms with E-state index in [2.05, 4.69) is 0 Å². The number of carbonyl (C=O) groups excluding carboxylic acids is 2. The van der Waals surface area contributed by atoms with Crippen molar-refractivity contribution in [3.05, 3.63) is 35.4 Å². The van der Waals surface area contributed by atoms with Crippen LogP contribution in [-0.4, -0.2) is 47.8 Å². The Hall–Kier alpha value is -1.98. The van der Waals surface area contributed by atoms with Gasteiger partial charge in [-0.1, -0.05) is 26.8 Å². The number of carbonyl (C=O) groups is 2. The molecule has 1 unspecified atom stereocenters. The van der Waals surface area contributed by atoms with Crippen molar-refractivity contribution in [3.8, 4) is 0 Å². The molecular formula is C23H34F2N2O2. The number of rotatable bonds is 8. The van der Waals surface area contributed by atoms with Crippen molar-refractivity contribution in [3.63, 3.8) is 0 Å². The molecule has 162 valence electrons. The zero-order valence-electron chi connectivity index (χ0n) is 18.1. The van der Waals surface area contributed by atoms with Gasteiger partial charge in [0.1, 0.15) is 11.6 Å². The maximum atomic E-state index is 14.3. The lowest BCUT2D eigenvalue weighted by Crippen LogP contribution is -2.49. The Labute approximate surface area is 173 Å². The lowest BCUT2D eigenvalue weighted by Gasteiger charge is -2.41. The van der Waals surface area contributed by atoms with Gasteiger partial charge in [0.2, 0.25) is 11.8 Å². The summed E-state index contributed by atoms with van der Waals surface area (Å²) < 4.78 is 27.5. The maximum Gasteiger partial charge on any atom is 0.225 e. The molecule has 1 saturated heterocycles. The third-order valence-corrected chi connectivity index (χ3v) is 6.37. The van der Waals surface area contributed by atoms with Crippen molar-refractivity contribution in [2.75, 3.05) is 20.1 Å². The first-order chi connectivity index (χ1) is 13.8. The second kappa shape index (κ2) is 10.7. The molecule has 0 saturated carbocycles. The lowest BCUT2D eigenvalue weighted by atomic mass is 9.84. The molecule has 2 rings (SSSR count). The van der Waals surface area contributed by atoms with Gasteiger partial charge in [0.05, 0.1) is 0 Å². The van der Waals surface area contributed by atoms with E-state index in [0.717, 1.165) is 31.7 Å². The molecule has 1 heterocycles. The molecule has 1 aliphatic rings. The second-order valence-electron chi connectivity index (χ2n) is 8.04. The van der Waals surface area contributed by atoms with Crippen LogP contribution in [0.3, 0.4) is 0 Å². The molecular weight excluding hydrogens is 374 g/mol. The Morgan fingerprint density at radius 3 is 2.28 bits per heavy atom. The van der Waals surface area contributed by atoms with Crippen molar-refractivity contribution in [2.45, 2.75) is 65.3 Å². The van der Waals surface area contributed by atoms with Crippen LogP contribution in [0.5, 0.6) is 0 Å². The molecule has 1 aliphatic heterocycles. The summed E-state index contributed by atoms with van der Waals surface area (Å²) in [5, 5.41) is 0. The molecule has 2 amide bonds. The van der Waals surface area contributed by atoms with E-state index in [1.165, 1.54) is 12.1 Å². The van der Waals surface area contributed by atoms with Crippen molar-refractivity contribution >= 4 is 11.8 Å². The lowest BCUT2D eigenvalue weighted by molar-refractivity contribution is -0.139. The minimum atomic E-state index is -0.603. The number of nitrogens with zero attached hydrogens (tertiary/aromatic N) is 2. The van der Waals surface area contributed by atoms with Crippen LogP contribution < -0.4 is 0 Å². The van der Waals surface area contributed by atoms with Gasteiger partial charge in [0, 0.05) is 44.6 Å². The van der Waals surface area contributed by atoms with Crippen LogP contribution in [-0.2, 0) is 16.0 Å². The zero-order valence-corrected chi connectivity index (χ0v) is 18.1. The fraction of sp³-hybridized carbons (Fsp3) is 0.652. The SMILES string of the molecule is CCC(=O)N(C)C(Cc1ccc(F)cc1F)C1CCN(C(=O)C(CC)CC)CC1. The number of likely N-dealkylation sites (tertiary alicyclic amines) is 1. The largest absolute Gasteiger partial charge is 0.342 e. The standard InChI is InChI=1S/C23H34F2N2O2/c1-5-16(6-2)23(29)27-12-10-17(11-13-27)21(26(4)22(28)7-3)14-18-8-9-19(24)15-20(18)25/h8-9,15-17,21H,5-7,10-14H2,1-4H3. The fourth-order valence-corrected chi connectivity index (χ4v) is 4.37. The van der Waals surface area contributed by atoms with Gasteiger partial charge in [-0.05, 0) is 49.7 Å². The molecule has 0 radical (unpaired) electrons. The van der Waals surface area contributed by atoms with Crippen LogP contribution in [0.25, 0.3) is 0 Å². The van der Waals surface area contributed by atoms with E-state index in [1.54, 1.807) is 11.9 Å². The van der Waals surface area contributed by atoms with Crippen LogP contribution in [0.1, 0.15) is 58.4 Å². The molecule has 0 spiro atoms. The molecule has 29 heavy (non-hydrogen) atoms. The Morgan fingerprint density at radius 1 is 1.14 bits per heavy atom. The van der Waals surface area contributed by atoms with E-state index in [1.807, 2.05) is 25.7 Å². The smallest absolute Gasteiger partial charge is 0.225 e. The van der Waals surface area contributed by atoms with Crippen LogP contribution in [0.2, 0.25) is 0 Å². The minimum Gasteiger partial charge on any atom is -0.342 e. The summed E-state index contributed by atoms with van der Waals surface area (Å²) >= 11 is 0. The fourth-order valence-electron chi connectivity index (χ4n) is 4.37. The van der Waals surface area contributed by atoms with E-state index in [9.17, 15) is 18.4 Å². The average Bonchev–Trinajstić information content (AvgIpc) is 2.73. The third kappa shape index (κ3) is 5.77. The summed E-state index contributed by atoms with van der Waals surface area (Å²) in [4.78, 5) is 28.7. The molecule has 0 aliphatic carbocycles. The number of benzene rings is 1. The first kappa shape index (κ1) is 23.3. The first-order valence-electron chi connectivity index (χ1n) is 10.8. The van der Waals surface area contributed by atoms with Crippen molar-refractivity contribution < 1.29 is 18.4 Å². The molecule has 1 aromatic rings. The molecule has 6 heteroatoms. The normalized spacial score (nSPS) is 16.2. The Balaban J connectivity index is 2.14. The number of hydrogen-bond donors (Lipinski definition) is 0. The number of amides is 2. The number of halogens is 2. The predicted molar refractivity (Wildman–Crippen MR) is 110 cm³/mol. The topological polar surface area (TPSA) is 40.6 Å². The summed E-state index contributed by atoms with van der Waals surface area (Å²) in [6.45, 7) is 7.22. The van der Waals surface area contributed by atoms with E-state index in [4.69, 9.17) is 0 Å². The minimum absolute atomic E-state index is 0.00746. The van der Waals surface area contributed by atoms with E-state index < -0.39 is 11.6 Å². The van der Waals surface area contributed by atoms with E-state index in [-0.39, 0.29) is 29.7 Å². The highest BCUT2D eigenvalue weighted by Gasteiger charge is 2.33. The van der Waals surface area contributed by atoms with Gasteiger partial charge in [0.15, 0.2) is 0 Å². The van der Waals surface area contributed by atoms with Crippen LogP contribution >= 0.6 is 0 Å². The van der Waals surface area contributed by atoms with Crippen molar-refractivity contribution in [1.82, 2.24) is 9.80 Å². The van der Waals surface area contributed by atoms with Crippen molar-refractivity contribution in [2.24, 2.45) is 11.8 Å². The molecule has 0 N–H and O–H groups in total. The van der Waals surface area contributed by atoms with Gasteiger partial charge >= 0.3 is 0 Å². The van der Waals surface area contributed by atoms with Gasteiger partial charge < -0.3 is 9.80 Å². The Bertz CT molecular complexity index is 698. The van der Waals surface area contributed by atoms with E-state index in [0.29, 0.717) is 31.5 Å².